The number of aryl methyl sites for hydroxylation is 1. The van der Waals surface area contributed by atoms with Crippen LogP contribution in [0.5, 0.6) is 0 Å². The zero-order valence-electron chi connectivity index (χ0n) is 8.99. The van der Waals surface area contributed by atoms with Gasteiger partial charge in [0.25, 0.3) is 0 Å². The fourth-order valence-corrected chi connectivity index (χ4v) is 3.93. The van der Waals surface area contributed by atoms with Crippen LogP contribution in [0, 0.1) is 6.92 Å². The SMILES string of the molecule is CC=CCSc1sc2ccccc2c1C. The molecule has 0 aliphatic heterocycles. The third kappa shape index (κ3) is 2.27. The summed E-state index contributed by atoms with van der Waals surface area (Å²) in [5.41, 5.74) is 1.44. The van der Waals surface area contributed by atoms with Gasteiger partial charge in [0.1, 0.15) is 0 Å². The van der Waals surface area contributed by atoms with E-state index in [0.29, 0.717) is 0 Å². The minimum atomic E-state index is 1.07. The number of rotatable bonds is 3. The van der Waals surface area contributed by atoms with Crippen molar-refractivity contribution in [2.24, 2.45) is 0 Å². The molecule has 1 aromatic carbocycles. The normalized spacial score (nSPS) is 11.6. The fraction of sp³-hybridized carbons (Fsp3) is 0.231. The van der Waals surface area contributed by atoms with Gasteiger partial charge in [0.15, 0.2) is 0 Å². The Morgan fingerprint density at radius 1 is 1.33 bits per heavy atom. The van der Waals surface area contributed by atoms with Crippen LogP contribution in [0.4, 0.5) is 0 Å². The molecule has 0 bridgehead atoms. The zero-order chi connectivity index (χ0) is 10.7. The van der Waals surface area contributed by atoms with Crippen LogP contribution in [0.15, 0.2) is 40.6 Å². The Balaban J connectivity index is 2.31. The summed E-state index contributed by atoms with van der Waals surface area (Å²) in [5, 5.41) is 1.41. The molecule has 0 fully saturated rings. The van der Waals surface area contributed by atoms with Crippen molar-refractivity contribution in [3.8, 4) is 0 Å². The van der Waals surface area contributed by atoms with Crippen molar-refractivity contribution < 1.29 is 0 Å². The number of fused-ring (bicyclic) bond motifs is 1. The van der Waals surface area contributed by atoms with Crippen LogP contribution < -0.4 is 0 Å². The molecule has 0 aliphatic rings. The van der Waals surface area contributed by atoms with E-state index in [-0.39, 0.29) is 0 Å². The molecule has 78 valence electrons. The van der Waals surface area contributed by atoms with Gasteiger partial charge in [0, 0.05) is 10.5 Å². The maximum atomic E-state index is 2.22. The Labute approximate surface area is 99.0 Å². The van der Waals surface area contributed by atoms with Crippen LogP contribution in [0.1, 0.15) is 12.5 Å². The van der Waals surface area contributed by atoms with E-state index in [9.17, 15) is 0 Å². The highest BCUT2D eigenvalue weighted by Crippen LogP contribution is 2.37. The van der Waals surface area contributed by atoms with Crippen LogP contribution in [0.25, 0.3) is 10.1 Å². The predicted molar refractivity (Wildman–Crippen MR) is 72.1 cm³/mol. The Morgan fingerprint density at radius 3 is 2.87 bits per heavy atom. The van der Waals surface area contributed by atoms with Crippen molar-refractivity contribution in [2.75, 3.05) is 5.75 Å². The Hall–Kier alpha value is -0.730. The molecule has 0 atom stereocenters. The summed E-state index contributed by atoms with van der Waals surface area (Å²) in [6, 6.07) is 8.63. The third-order valence-corrected chi connectivity index (χ3v) is 4.94. The van der Waals surface area contributed by atoms with E-state index in [1.807, 2.05) is 23.1 Å². The minimum Gasteiger partial charge on any atom is -0.129 e. The molecule has 0 amide bonds. The lowest BCUT2D eigenvalue weighted by Crippen LogP contribution is -1.72. The molecule has 0 nitrogen and oxygen atoms in total. The molecule has 1 heterocycles. The summed E-state index contributed by atoms with van der Waals surface area (Å²) < 4.78 is 2.85. The summed E-state index contributed by atoms with van der Waals surface area (Å²) in [5.74, 6) is 1.07. The zero-order valence-corrected chi connectivity index (χ0v) is 10.6. The smallest absolute Gasteiger partial charge is 0.0643 e. The fourth-order valence-electron chi connectivity index (χ4n) is 1.51. The summed E-state index contributed by atoms with van der Waals surface area (Å²) in [6.07, 6.45) is 4.31. The summed E-state index contributed by atoms with van der Waals surface area (Å²) in [6.45, 7) is 4.29. The lowest BCUT2D eigenvalue weighted by atomic mass is 10.2. The van der Waals surface area contributed by atoms with Crippen molar-refractivity contribution in [3.63, 3.8) is 0 Å². The number of allylic oxidation sites excluding steroid dienone is 1. The molecule has 0 unspecified atom stereocenters. The molecule has 0 saturated carbocycles. The minimum absolute atomic E-state index is 1.07. The van der Waals surface area contributed by atoms with E-state index in [2.05, 4.69) is 50.3 Å². The van der Waals surface area contributed by atoms with Crippen molar-refractivity contribution in [1.29, 1.82) is 0 Å². The summed E-state index contributed by atoms with van der Waals surface area (Å²) >= 11 is 3.83. The number of hydrogen-bond acceptors (Lipinski definition) is 2. The van der Waals surface area contributed by atoms with Gasteiger partial charge in [-0.05, 0) is 30.9 Å². The van der Waals surface area contributed by atoms with Crippen molar-refractivity contribution in [2.45, 2.75) is 18.1 Å². The Morgan fingerprint density at radius 2 is 2.13 bits per heavy atom. The van der Waals surface area contributed by atoms with Gasteiger partial charge in [-0.1, -0.05) is 30.4 Å². The van der Waals surface area contributed by atoms with E-state index in [4.69, 9.17) is 0 Å². The standard InChI is InChI=1S/C13H14S2/c1-3-4-9-14-13-10(2)11-7-5-6-8-12(11)15-13/h3-8H,9H2,1-2H3. The first-order chi connectivity index (χ1) is 7.33. The van der Waals surface area contributed by atoms with E-state index in [1.165, 1.54) is 19.9 Å². The van der Waals surface area contributed by atoms with Crippen LogP contribution >= 0.6 is 23.1 Å². The first kappa shape index (κ1) is 10.8. The molecule has 2 aromatic rings. The number of thioether (sulfide) groups is 1. The van der Waals surface area contributed by atoms with E-state index < -0.39 is 0 Å². The van der Waals surface area contributed by atoms with Gasteiger partial charge in [0.05, 0.1) is 4.21 Å². The molecule has 0 aliphatic carbocycles. The van der Waals surface area contributed by atoms with E-state index >= 15 is 0 Å². The third-order valence-electron chi connectivity index (χ3n) is 2.35. The Bertz CT molecular complexity index is 480. The van der Waals surface area contributed by atoms with E-state index in [1.54, 1.807) is 0 Å². The highest BCUT2D eigenvalue weighted by Gasteiger charge is 2.06. The highest BCUT2D eigenvalue weighted by molar-refractivity contribution is 8.01. The van der Waals surface area contributed by atoms with Gasteiger partial charge in [-0.15, -0.1) is 23.1 Å². The summed E-state index contributed by atoms with van der Waals surface area (Å²) in [4.78, 5) is 0. The van der Waals surface area contributed by atoms with Gasteiger partial charge in [-0.2, -0.15) is 0 Å². The van der Waals surface area contributed by atoms with Gasteiger partial charge in [-0.3, -0.25) is 0 Å². The number of benzene rings is 1. The number of hydrogen-bond donors (Lipinski definition) is 0. The van der Waals surface area contributed by atoms with Gasteiger partial charge < -0.3 is 0 Å². The molecule has 0 spiro atoms. The van der Waals surface area contributed by atoms with Crippen LogP contribution in [0.3, 0.4) is 0 Å². The second-order valence-corrected chi connectivity index (χ2v) is 5.73. The van der Waals surface area contributed by atoms with Crippen LogP contribution in [0.2, 0.25) is 0 Å². The molecular formula is C13H14S2. The predicted octanol–water partition coefficient (Wildman–Crippen LogP) is 4.88. The molecule has 0 radical (unpaired) electrons. The first-order valence-corrected chi connectivity index (χ1v) is 6.85. The lowest BCUT2D eigenvalue weighted by molar-refractivity contribution is 1.46. The molecule has 1 aromatic heterocycles. The average molecular weight is 234 g/mol. The van der Waals surface area contributed by atoms with Gasteiger partial charge in [-0.25, -0.2) is 0 Å². The number of thiophene rings is 1. The van der Waals surface area contributed by atoms with E-state index in [0.717, 1.165) is 5.75 Å². The maximum absolute atomic E-state index is 2.22. The maximum Gasteiger partial charge on any atom is 0.0643 e. The molecule has 2 rings (SSSR count). The quantitative estimate of drug-likeness (QED) is 0.539. The van der Waals surface area contributed by atoms with Crippen LogP contribution in [-0.2, 0) is 0 Å². The van der Waals surface area contributed by atoms with Crippen molar-refractivity contribution in [3.05, 3.63) is 42.0 Å². The average Bonchev–Trinajstić information content (AvgIpc) is 2.57. The topological polar surface area (TPSA) is 0 Å². The Kier molecular flexibility index (Phi) is 3.49. The molecular weight excluding hydrogens is 220 g/mol. The molecule has 15 heavy (non-hydrogen) atoms. The van der Waals surface area contributed by atoms with Crippen molar-refractivity contribution in [1.82, 2.24) is 0 Å². The monoisotopic (exact) mass is 234 g/mol. The van der Waals surface area contributed by atoms with Gasteiger partial charge >= 0.3 is 0 Å². The largest absolute Gasteiger partial charge is 0.129 e. The first-order valence-electron chi connectivity index (χ1n) is 5.05. The molecule has 0 N–H and O–H groups in total. The van der Waals surface area contributed by atoms with Crippen molar-refractivity contribution >= 4 is 33.2 Å². The molecule has 2 heteroatoms. The molecule has 0 saturated heterocycles. The highest BCUT2D eigenvalue weighted by atomic mass is 32.2. The lowest BCUT2D eigenvalue weighted by Gasteiger charge is -1.95. The van der Waals surface area contributed by atoms with Gasteiger partial charge in [0.2, 0.25) is 0 Å². The summed E-state index contributed by atoms with van der Waals surface area (Å²) in [7, 11) is 0. The van der Waals surface area contributed by atoms with Crippen LogP contribution in [-0.4, -0.2) is 5.75 Å². The second kappa shape index (κ2) is 4.86. The second-order valence-electron chi connectivity index (χ2n) is 3.39.